The molecule has 2 aromatic rings. The molecule has 1 aromatic heterocycles. The van der Waals surface area contributed by atoms with Crippen molar-refractivity contribution >= 4 is 33.7 Å². The van der Waals surface area contributed by atoms with Gasteiger partial charge in [-0.3, -0.25) is 14.4 Å². The van der Waals surface area contributed by atoms with Gasteiger partial charge >= 0.3 is 0 Å². The van der Waals surface area contributed by atoms with Gasteiger partial charge in [0.05, 0.1) is 30.5 Å². The Bertz CT molecular complexity index is 1210. The number of likely N-dealkylation sites (tertiary alicyclic amines) is 2. The van der Waals surface area contributed by atoms with E-state index in [2.05, 4.69) is 31.6 Å². The molecule has 11 heteroatoms. The largest absolute Gasteiger partial charge is 0.381 e. The molecular formula is C27H33BrN6O4. The summed E-state index contributed by atoms with van der Waals surface area (Å²) in [4.78, 5) is 43.2. The summed E-state index contributed by atoms with van der Waals surface area (Å²) in [6.45, 7) is 4.28. The highest BCUT2D eigenvalue weighted by atomic mass is 79.9. The van der Waals surface area contributed by atoms with Crippen molar-refractivity contribution in [2.45, 2.75) is 51.1 Å². The topological polar surface area (TPSA) is 110 Å². The molecule has 38 heavy (non-hydrogen) atoms. The Kier molecular flexibility index (Phi) is 6.98. The quantitative estimate of drug-likeness (QED) is 0.577. The zero-order valence-electron chi connectivity index (χ0n) is 21.5. The average molecular weight is 586 g/mol. The third-order valence-corrected chi connectivity index (χ3v) is 9.18. The van der Waals surface area contributed by atoms with Crippen LogP contribution in [0.2, 0.25) is 0 Å². The first-order valence-electron chi connectivity index (χ1n) is 13.5. The van der Waals surface area contributed by atoms with E-state index in [0.29, 0.717) is 56.7 Å². The smallest absolute Gasteiger partial charge is 0.276 e. The van der Waals surface area contributed by atoms with Crippen LogP contribution in [0.3, 0.4) is 0 Å². The molecule has 3 atom stereocenters. The predicted octanol–water partition coefficient (Wildman–Crippen LogP) is 2.33. The molecule has 2 bridgehead atoms. The van der Waals surface area contributed by atoms with Gasteiger partial charge in [-0.15, -0.1) is 5.10 Å². The number of ether oxygens (including phenoxy) is 1. The number of benzene rings is 1. The average Bonchev–Trinajstić information content (AvgIpc) is 3.64. The van der Waals surface area contributed by atoms with Crippen molar-refractivity contribution in [2.24, 2.45) is 17.8 Å². The van der Waals surface area contributed by atoms with Crippen molar-refractivity contribution in [1.82, 2.24) is 30.1 Å². The number of nitrogens with one attached hydrogen (secondary N) is 1. The van der Waals surface area contributed by atoms with Crippen LogP contribution in [0.15, 0.2) is 28.7 Å². The summed E-state index contributed by atoms with van der Waals surface area (Å²) >= 11 is 3.44. The molecule has 3 aliphatic heterocycles. The summed E-state index contributed by atoms with van der Waals surface area (Å²) in [5, 5.41) is 11.7. The van der Waals surface area contributed by atoms with Crippen LogP contribution in [0.25, 0.3) is 5.69 Å². The van der Waals surface area contributed by atoms with Gasteiger partial charge in [-0.2, -0.15) is 0 Å². The van der Waals surface area contributed by atoms with Gasteiger partial charge in [0.1, 0.15) is 0 Å². The third kappa shape index (κ3) is 4.75. The van der Waals surface area contributed by atoms with E-state index in [1.807, 2.05) is 41.0 Å². The molecule has 1 unspecified atom stereocenters. The number of aromatic nitrogens is 3. The van der Waals surface area contributed by atoms with Crippen LogP contribution in [-0.4, -0.2) is 87.4 Å². The maximum absolute atomic E-state index is 13.5. The van der Waals surface area contributed by atoms with Gasteiger partial charge in [-0.05, 0) is 44.0 Å². The van der Waals surface area contributed by atoms with E-state index in [0.717, 1.165) is 35.8 Å². The van der Waals surface area contributed by atoms with Crippen molar-refractivity contribution in [3.8, 4) is 5.69 Å². The first kappa shape index (κ1) is 25.5. The van der Waals surface area contributed by atoms with Crippen LogP contribution in [0.1, 0.15) is 48.3 Å². The molecule has 3 amide bonds. The second-order valence-electron chi connectivity index (χ2n) is 11.1. The predicted molar refractivity (Wildman–Crippen MR) is 142 cm³/mol. The maximum atomic E-state index is 13.5. The van der Waals surface area contributed by atoms with E-state index >= 15 is 0 Å². The van der Waals surface area contributed by atoms with Gasteiger partial charge in [0, 0.05) is 54.4 Å². The molecule has 1 aliphatic carbocycles. The summed E-state index contributed by atoms with van der Waals surface area (Å²) in [5.41, 5.74) is 1.86. The minimum absolute atomic E-state index is 0.0136. The number of fused-ring (bicyclic) bond motifs is 2. The van der Waals surface area contributed by atoms with Gasteiger partial charge < -0.3 is 19.9 Å². The maximum Gasteiger partial charge on any atom is 0.276 e. The molecule has 4 aliphatic rings. The normalized spacial score (nSPS) is 27.7. The lowest BCUT2D eigenvalue weighted by Gasteiger charge is -2.47. The molecule has 0 radical (unpaired) electrons. The Labute approximate surface area is 230 Å². The molecule has 10 nitrogen and oxygen atoms in total. The van der Waals surface area contributed by atoms with E-state index in [9.17, 15) is 14.4 Å². The van der Waals surface area contributed by atoms with E-state index in [-0.39, 0.29) is 41.5 Å². The number of halogens is 1. The van der Waals surface area contributed by atoms with Gasteiger partial charge in [0.2, 0.25) is 11.8 Å². The summed E-state index contributed by atoms with van der Waals surface area (Å²) in [6, 6.07) is 7.91. The number of hydrogen-bond donors (Lipinski definition) is 1. The molecule has 1 aromatic carbocycles. The zero-order valence-corrected chi connectivity index (χ0v) is 23.1. The molecule has 4 fully saturated rings. The second-order valence-corrected chi connectivity index (χ2v) is 12.0. The fraction of sp³-hybridized carbons (Fsp3) is 0.593. The van der Waals surface area contributed by atoms with Gasteiger partial charge in [-0.25, -0.2) is 4.68 Å². The fourth-order valence-corrected chi connectivity index (χ4v) is 6.86. The SMILES string of the molecule is Cc1c(C(=O)N2C[C@@H]3COC[C@@H](C2)C3NC(=O)C2CC(=O)N(C3CCCC3)C2)nnn1-c1ccc(Br)cc1. The molecular weight excluding hydrogens is 552 g/mol. The van der Waals surface area contributed by atoms with Crippen molar-refractivity contribution in [1.29, 1.82) is 0 Å². The molecule has 1 N–H and O–H groups in total. The Morgan fingerprint density at radius 2 is 1.74 bits per heavy atom. The van der Waals surface area contributed by atoms with Crippen LogP contribution in [0.4, 0.5) is 0 Å². The Hall–Kier alpha value is -2.79. The molecule has 6 rings (SSSR count). The fourth-order valence-electron chi connectivity index (χ4n) is 6.60. The van der Waals surface area contributed by atoms with Crippen LogP contribution in [0, 0.1) is 24.7 Å². The number of rotatable bonds is 5. The number of amides is 3. The highest BCUT2D eigenvalue weighted by Gasteiger charge is 2.45. The minimum Gasteiger partial charge on any atom is -0.381 e. The number of hydrogen-bond acceptors (Lipinski definition) is 6. The summed E-state index contributed by atoms with van der Waals surface area (Å²) < 4.78 is 8.45. The van der Waals surface area contributed by atoms with Crippen molar-refractivity contribution in [3.05, 3.63) is 40.1 Å². The Balaban J connectivity index is 1.11. The molecule has 0 spiro atoms. The van der Waals surface area contributed by atoms with E-state index in [4.69, 9.17) is 4.74 Å². The first-order valence-corrected chi connectivity index (χ1v) is 14.3. The number of carbonyl (C=O) groups is 3. The zero-order chi connectivity index (χ0) is 26.4. The number of carbonyl (C=O) groups excluding carboxylic acids is 3. The van der Waals surface area contributed by atoms with Gasteiger partial charge in [0.15, 0.2) is 5.69 Å². The highest BCUT2D eigenvalue weighted by molar-refractivity contribution is 9.10. The standard InChI is InChI=1S/C27H33BrN6O4/c1-16-24(30-31-34(16)22-8-6-20(28)7-9-22)27(37)32-11-18-14-38-15-19(12-32)25(18)29-26(36)17-10-23(35)33(13-17)21-4-2-3-5-21/h6-9,17-19,21,25H,2-5,10-15H2,1H3,(H,29,36)/t17?,18-,19-/m1/s1. The van der Waals surface area contributed by atoms with Crippen molar-refractivity contribution < 1.29 is 19.1 Å². The van der Waals surface area contributed by atoms with Crippen LogP contribution in [0.5, 0.6) is 0 Å². The lowest BCUT2D eigenvalue weighted by atomic mass is 9.81. The van der Waals surface area contributed by atoms with Crippen LogP contribution >= 0.6 is 15.9 Å². The summed E-state index contributed by atoms with van der Waals surface area (Å²) in [7, 11) is 0. The first-order chi connectivity index (χ1) is 18.4. The molecule has 3 saturated heterocycles. The van der Waals surface area contributed by atoms with Gasteiger partial charge in [-0.1, -0.05) is 34.0 Å². The monoisotopic (exact) mass is 584 g/mol. The number of piperidine rings is 1. The summed E-state index contributed by atoms with van der Waals surface area (Å²) in [5.74, 6) is -0.427. The van der Waals surface area contributed by atoms with Gasteiger partial charge in [0.25, 0.3) is 5.91 Å². The Morgan fingerprint density at radius 3 is 2.42 bits per heavy atom. The minimum atomic E-state index is -0.305. The highest BCUT2D eigenvalue weighted by Crippen LogP contribution is 2.32. The van der Waals surface area contributed by atoms with Crippen LogP contribution < -0.4 is 5.32 Å². The van der Waals surface area contributed by atoms with Crippen molar-refractivity contribution in [3.63, 3.8) is 0 Å². The summed E-state index contributed by atoms with van der Waals surface area (Å²) in [6.07, 6.45) is 4.70. The van der Waals surface area contributed by atoms with E-state index < -0.39 is 0 Å². The third-order valence-electron chi connectivity index (χ3n) is 8.65. The van der Waals surface area contributed by atoms with E-state index in [1.165, 1.54) is 0 Å². The molecule has 1 saturated carbocycles. The lowest BCUT2D eigenvalue weighted by molar-refractivity contribution is -0.131. The van der Waals surface area contributed by atoms with E-state index in [1.54, 1.807) is 4.68 Å². The molecule has 202 valence electrons. The van der Waals surface area contributed by atoms with Crippen LogP contribution in [-0.2, 0) is 14.3 Å². The molecule has 4 heterocycles. The lowest BCUT2D eigenvalue weighted by Crippen LogP contribution is -2.62. The van der Waals surface area contributed by atoms with Crippen molar-refractivity contribution in [2.75, 3.05) is 32.8 Å². The Morgan fingerprint density at radius 1 is 1.05 bits per heavy atom. The second kappa shape index (κ2) is 10.4. The number of nitrogens with zero attached hydrogens (tertiary/aromatic N) is 5.